The number of hydrogen-bond acceptors (Lipinski definition) is 5. The van der Waals surface area contributed by atoms with Crippen LogP contribution in [0.2, 0.25) is 0 Å². The van der Waals surface area contributed by atoms with Gasteiger partial charge >= 0.3 is 0 Å². The van der Waals surface area contributed by atoms with Crippen molar-refractivity contribution in [2.75, 3.05) is 18.8 Å². The van der Waals surface area contributed by atoms with Crippen LogP contribution in [0.1, 0.15) is 33.2 Å². The number of rotatable bonds is 3. The number of hydrogen-bond donors (Lipinski definition) is 0. The van der Waals surface area contributed by atoms with Crippen LogP contribution in [0.4, 0.5) is 0 Å². The molecule has 4 rings (SSSR count). The van der Waals surface area contributed by atoms with Crippen LogP contribution in [0.5, 0.6) is 0 Å². The monoisotopic (exact) mass is 379 g/mol. The molecule has 0 radical (unpaired) electrons. The van der Waals surface area contributed by atoms with Crippen LogP contribution < -0.4 is 0 Å². The summed E-state index contributed by atoms with van der Waals surface area (Å²) in [6.45, 7) is 3.69. The fourth-order valence-electron chi connectivity index (χ4n) is 3.41. The Balaban J connectivity index is 1.49. The second kappa shape index (κ2) is 7.92. The van der Waals surface area contributed by atoms with Crippen LogP contribution in [0.25, 0.3) is 5.69 Å². The van der Waals surface area contributed by atoms with Crippen molar-refractivity contribution >= 4 is 17.7 Å². The van der Waals surface area contributed by atoms with Crippen molar-refractivity contribution < 1.29 is 4.79 Å². The van der Waals surface area contributed by atoms with Gasteiger partial charge in [0.25, 0.3) is 5.91 Å². The Morgan fingerprint density at radius 1 is 1.15 bits per heavy atom. The van der Waals surface area contributed by atoms with Crippen LogP contribution >= 0.6 is 11.8 Å². The maximum absolute atomic E-state index is 13.0. The van der Waals surface area contributed by atoms with Crippen molar-refractivity contribution in [2.24, 2.45) is 0 Å². The predicted molar refractivity (Wildman–Crippen MR) is 106 cm³/mol. The van der Waals surface area contributed by atoms with Gasteiger partial charge < -0.3 is 4.90 Å². The van der Waals surface area contributed by atoms with Crippen molar-refractivity contribution in [2.45, 2.75) is 18.6 Å². The third kappa shape index (κ3) is 3.88. The molecule has 0 bridgehead atoms. The first-order valence-corrected chi connectivity index (χ1v) is 10.1. The largest absolute Gasteiger partial charge is 0.338 e. The molecule has 1 amide bonds. The van der Waals surface area contributed by atoms with Crippen molar-refractivity contribution in [1.82, 2.24) is 25.1 Å². The van der Waals surface area contributed by atoms with Crippen molar-refractivity contribution in [3.05, 3.63) is 71.5 Å². The minimum absolute atomic E-state index is 0.0657. The molecule has 0 saturated carbocycles. The first kappa shape index (κ1) is 17.7. The summed E-state index contributed by atoms with van der Waals surface area (Å²) in [5.74, 6) is 1.01. The van der Waals surface area contributed by atoms with Crippen LogP contribution in [0.15, 0.2) is 54.9 Å². The lowest BCUT2D eigenvalue weighted by atomic mass is 10.0. The molecule has 3 aromatic rings. The Labute approximate surface area is 162 Å². The normalized spacial score (nSPS) is 17.5. The third-order valence-electron chi connectivity index (χ3n) is 4.87. The number of carbonyl (C=O) groups excluding carboxylic acids is 1. The average molecular weight is 379 g/mol. The van der Waals surface area contributed by atoms with Gasteiger partial charge in [0.1, 0.15) is 6.33 Å². The van der Waals surface area contributed by atoms with E-state index in [1.54, 1.807) is 4.68 Å². The summed E-state index contributed by atoms with van der Waals surface area (Å²) in [4.78, 5) is 15.0. The molecule has 138 valence electrons. The second-order valence-corrected chi connectivity index (χ2v) is 7.91. The van der Waals surface area contributed by atoms with Gasteiger partial charge in [-0.2, -0.15) is 11.8 Å². The summed E-state index contributed by atoms with van der Waals surface area (Å²) in [6.07, 6.45) is 2.49. The molecule has 1 atom stereocenters. The second-order valence-electron chi connectivity index (χ2n) is 6.60. The number of nitrogens with zero attached hydrogens (tertiary/aromatic N) is 5. The van der Waals surface area contributed by atoms with E-state index >= 15 is 0 Å². The molecule has 1 aliphatic heterocycles. The fourth-order valence-corrected chi connectivity index (χ4v) is 4.74. The Hall–Kier alpha value is -2.67. The Kier molecular flexibility index (Phi) is 5.20. The van der Waals surface area contributed by atoms with Gasteiger partial charge in [0.2, 0.25) is 0 Å². The SMILES string of the molecule is Cc1ccccc1[C@H]1CCN(C(=O)c2cccc(-n3cnnn3)c2)CCS1. The lowest BCUT2D eigenvalue weighted by molar-refractivity contribution is 0.0766. The van der Waals surface area contributed by atoms with Gasteiger partial charge in [0.15, 0.2) is 0 Å². The molecule has 1 aliphatic rings. The first-order chi connectivity index (χ1) is 13.2. The smallest absolute Gasteiger partial charge is 0.253 e. The zero-order valence-corrected chi connectivity index (χ0v) is 16.0. The number of benzene rings is 2. The molecule has 0 aliphatic carbocycles. The van der Waals surface area contributed by atoms with Crippen LogP contribution in [-0.4, -0.2) is 49.9 Å². The Morgan fingerprint density at radius 3 is 2.85 bits per heavy atom. The summed E-state index contributed by atoms with van der Waals surface area (Å²) < 4.78 is 1.56. The van der Waals surface area contributed by atoms with Gasteiger partial charge in [-0.1, -0.05) is 30.3 Å². The summed E-state index contributed by atoms with van der Waals surface area (Å²) in [7, 11) is 0. The molecule has 1 saturated heterocycles. The van der Waals surface area contributed by atoms with Crippen molar-refractivity contribution in [1.29, 1.82) is 0 Å². The highest BCUT2D eigenvalue weighted by molar-refractivity contribution is 7.99. The highest BCUT2D eigenvalue weighted by atomic mass is 32.2. The highest BCUT2D eigenvalue weighted by Crippen LogP contribution is 2.36. The number of thioether (sulfide) groups is 1. The van der Waals surface area contributed by atoms with E-state index in [2.05, 4.69) is 46.7 Å². The molecule has 2 aromatic carbocycles. The quantitative estimate of drug-likeness (QED) is 0.699. The van der Waals surface area contributed by atoms with Crippen LogP contribution in [0.3, 0.4) is 0 Å². The van der Waals surface area contributed by atoms with E-state index in [4.69, 9.17) is 0 Å². The zero-order valence-electron chi connectivity index (χ0n) is 15.2. The molecule has 7 heteroatoms. The van der Waals surface area contributed by atoms with E-state index in [0.717, 1.165) is 31.0 Å². The molecule has 1 aromatic heterocycles. The average Bonchev–Trinajstić information content (AvgIpc) is 3.13. The summed E-state index contributed by atoms with van der Waals surface area (Å²) in [5.41, 5.74) is 4.16. The number of amides is 1. The van der Waals surface area contributed by atoms with Crippen LogP contribution in [-0.2, 0) is 0 Å². The number of aromatic nitrogens is 4. The summed E-state index contributed by atoms with van der Waals surface area (Å²) in [5, 5.41) is 11.6. The predicted octanol–water partition coefficient (Wildman–Crippen LogP) is 3.29. The molecular weight excluding hydrogens is 358 g/mol. The summed E-state index contributed by atoms with van der Waals surface area (Å²) in [6, 6.07) is 16.0. The lowest BCUT2D eigenvalue weighted by Gasteiger charge is -2.21. The Bertz CT molecular complexity index is 928. The molecule has 27 heavy (non-hydrogen) atoms. The molecule has 0 unspecified atom stereocenters. The topological polar surface area (TPSA) is 63.9 Å². The first-order valence-electron chi connectivity index (χ1n) is 9.02. The minimum Gasteiger partial charge on any atom is -0.338 e. The van der Waals surface area contributed by atoms with Crippen LogP contribution in [0, 0.1) is 6.92 Å². The van der Waals surface area contributed by atoms with Gasteiger partial charge in [-0.3, -0.25) is 4.79 Å². The molecule has 2 heterocycles. The molecule has 0 N–H and O–H groups in total. The summed E-state index contributed by atoms with van der Waals surface area (Å²) >= 11 is 1.94. The molecule has 1 fully saturated rings. The van der Waals surface area contributed by atoms with Gasteiger partial charge in [-0.05, 0) is 53.1 Å². The zero-order chi connectivity index (χ0) is 18.6. The van der Waals surface area contributed by atoms with Crippen molar-refractivity contribution in [3.8, 4) is 5.69 Å². The highest BCUT2D eigenvalue weighted by Gasteiger charge is 2.23. The minimum atomic E-state index is 0.0657. The third-order valence-corrected chi connectivity index (χ3v) is 6.18. The number of aryl methyl sites for hydroxylation is 1. The van der Waals surface area contributed by atoms with Crippen molar-refractivity contribution in [3.63, 3.8) is 0 Å². The maximum Gasteiger partial charge on any atom is 0.253 e. The molecule has 6 nitrogen and oxygen atoms in total. The van der Waals surface area contributed by atoms with E-state index in [1.807, 2.05) is 40.9 Å². The molecular formula is C20H21N5OS. The van der Waals surface area contributed by atoms with E-state index in [-0.39, 0.29) is 5.91 Å². The lowest BCUT2D eigenvalue weighted by Crippen LogP contribution is -2.33. The van der Waals surface area contributed by atoms with E-state index < -0.39 is 0 Å². The van der Waals surface area contributed by atoms with E-state index in [1.165, 1.54) is 17.5 Å². The maximum atomic E-state index is 13.0. The van der Waals surface area contributed by atoms with Gasteiger partial charge in [-0.25, -0.2) is 4.68 Å². The Morgan fingerprint density at radius 2 is 2.04 bits per heavy atom. The number of tetrazole rings is 1. The molecule has 0 spiro atoms. The number of carbonyl (C=O) groups is 1. The van der Waals surface area contributed by atoms with E-state index in [0.29, 0.717) is 10.8 Å². The van der Waals surface area contributed by atoms with Gasteiger partial charge in [-0.15, -0.1) is 5.10 Å². The van der Waals surface area contributed by atoms with Gasteiger partial charge in [0, 0.05) is 29.7 Å². The standard InChI is InChI=1S/C20H21N5OS/c1-15-5-2-3-8-18(15)19-9-10-24(11-12-27-19)20(26)16-6-4-7-17(13-16)25-14-21-22-23-25/h2-8,13-14,19H,9-12H2,1H3/t19-/m1/s1. The van der Waals surface area contributed by atoms with E-state index in [9.17, 15) is 4.79 Å². The fraction of sp³-hybridized carbons (Fsp3) is 0.300. The van der Waals surface area contributed by atoms with Gasteiger partial charge in [0.05, 0.1) is 5.69 Å².